The Hall–Kier alpha value is -2.53. The molecule has 0 saturated carbocycles. The second kappa shape index (κ2) is 10.5. The minimum Gasteiger partial charge on any atom is -0.382 e. The lowest BCUT2D eigenvalue weighted by molar-refractivity contribution is -0.139. The Morgan fingerprint density at radius 1 is 1.13 bits per heavy atom. The topological polar surface area (TPSA) is 126 Å². The molecule has 1 saturated heterocycles. The summed E-state index contributed by atoms with van der Waals surface area (Å²) >= 11 is 0. The standard InChI is InChI=1S/C20H27N3O7/c1-28-9-10-30-12-11-29-8-7-21-14-4-2-3-13-17(14)20(27)23(19(13)26)15-5-6-16(24)22-18(15)25/h2-4,15,20-21,27H,5-12H2,1H3,(H,22,24,25). The van der Waals surface area contributed by atoms with E-state index >= 15 is 0 Å². The number of benzene rings is 1. The van der Waals surface area contributed by atoms with E-state index in [0.29, 0.717) is 56.4 Å². The number of carbonyl (C=O) groups is 3. The molecule has 10 nitrogen and oxygen atoms in total. The van der Waals surface area contributed by atoms with Crippen molar-refractivity contribution in [1.29, 1.82) is 0 Å². The van der Waals surface area contributed by atoms with Crippen molar-refractivity contribution >= 4 is 23.4 Å². The highest BCUT2D eigenvalue weighted by Crippen LogP contribution is 2.39. The van der Waals surface area contributed by atoms with Crippen LogP contribution in [0, 0.1) is 0 Å². The summed E-state index contributed by atoms with van der Waals surface area (Å²) in [5, 5.41) is 16.2. The van der Waals surface area contributed by atoms with E-state index < -0.39 is 24.1 Å². The molecule has 2 heterocycles. The normalized spacial score (nSPS) is 21.0. The van der Waals surface area contributed by atoms with Crippen LogP contribution in [0.3, 0.4) is 0 Å². The summed E-state index contributed by atoms with van der Waals surface area (Å²) in [6.07, 6.45) is -0.957. The number of piperidine rings is 1. The van der Waals surface area contributed by atoms with Crippen molar-refractivity contribution < 1.29 is 33.7 Å². The van der Waals surface area contributed by atoms with Crippen LogP contribution in [0.15, 0.2) is 18.2 Å². The Labute approximate surface area is 174 Å². The van der Waals surface area contributed by atoms with E-state index in [1.807, 2.05) is 0 Å². The quantitative estimate of drug-likeness (QED) is 0.337. The van der Waals surface area contributed by atoms with Gasteiger partial charge in [0, 0.05) is 36.9 Å². The third-order valence-corrected chi connectivity index (χ3v) is 5.00. The second-order valence-electron chi connectivity index (χ2n) is 6.96. The van der Waals surface area contributed by atoms with Gasteiger partial charge >= 0.3 is 0 Å². The highest BCUT2D eigenvalue weighted by Gasteiger charge is 2.45. The molecular formula is C20H27N3O7. The molecule has 1 aromatic rings. The van der Waals surface area contributed by atoms with E-state index in [2.05, 4.69) is 10.6 Å². The monoisotopic (exact) mass is 421 g/mol. The van der Waals surface area contributed by atoms with Gasteiger partial charge in [-0.25, -0.2) is 0 Å². The van der Waals surface area contributed by atoms with Gasteiger partial charge in [0.2, 0.25) is 11.8 Å². The third kappa shape index (κ3) is 4.96. The van der Waals surface area contributed by atoms with Gasteiger partial charge in [-0.3, -0.25) is 24.6 Å². The number of ether oxygens (including phenoxy) is 3. The molecule has 3 rings (SSSR count). The molecule has 1 fully saturated rings. The Morgan fingerprint density at radius 2 is 1.87 bits per heavy atom. The Balaban J connectivity index is 1.55. The van der Waals surface area contributed by atoms with Gasteiger partial charge in [-0.05, 0) is 18.6 Å². The van der Waals surface area contributed by atoms with Gasteiger partial charge in [0.25, 0.3) is 5.91 Å². The Morgan fingerprint density at radius 3 is 2.60 bits per heavy atom. The number of nitrogens with zero attached hydrogens (tertiary/aromatic N) is 1. The van der Waals surface area contributed by atoms with Gasteiger partial charge in [-0.1, -0.05) is 6.07 Å². The zero-order valence-corrected chi connectivity index (χ0v) is 16.9. The number of imide groups is 1. The lowest BCUT2D eigenvalue weighted by Crippen LogP contribution is -2.53. The van der Waals surface area contributed by atoms with Crippen molar-refractivity contribution in [3.05, 3.63) is 29.3 Å². The van der Waals surface area contributed by atoms with E-state index in [0.717, 1.165) is 4.90 Å². The zero-order valence-electron chi connectivity index (χ0n) is 16.9. The molecule has 0 aliphatic carbocycles. The predicted octanol–water partition coefficient (Wildman–Crippen LogP) is 0.0300. The van der Waals surface area contributed by atoms with Crippen LogP contribution in [0.25, 0.3) is 0 Å². The molecule has 10 heteroatoms. The fourth-order valence-corrected chi connectivity index (χ4v) is 3.55. The van der Waals surface area contributed by atoms with Crippen LogP contribution < -0.4 is 10.6 Å². The fraction of sp³-hybridized carbons (Fsp3) is 0.550. The molecule has 3 N–H and O–H groups in total. The van der Waals surface area contributed by atoms with Crippen LogP contribution in [0.4, 0.5) is 5.69 Å². The molecule has 164 valence electrons. The van der Waals surface area contributed by atoms with Crippen LogP contribution in [0.1, 0.15) is 35.0 Å². The lowest BCUT2D eigenvalue weighted by Gasteiger charge is -2.32. The number of fused-ring (bicyclic) bond motifs is 1. The summed E-state index contributed by atoms with van der Waals surface area (Å²) in [5.74, 6) is -1.37. The maximum atomic E-state index is 12.8. The molecule has 0 bridgehead atoms. The van der Waals surface area contributed by atoms with Gasteiger partial charge in [0.05, 0.1) is 33.0 Å². The number of aliphatic hydroxyl groups excluding tert-OH is 1. The van der Waals surface area contributed by atoms with Crippen molar-refractivity contribution in [3.63, 3.8) is 0 Å². The maximum absolute atomic E-state index is 12.8. The minimum absolute atomic E-state index is 0.126. The number of hydrogen-bond acceptors (Lipinski definition) is 8. The van der Waals surface area contributed by atoms with E-state index in [1.165, 1.54) is 0 Å². The number of aliphatic hydroxyl groups is 1. The SMILES string of the molecule is COCCOCCOCCNc1cccc2c1C(O)N(C1CCC(=O)NC1=O)C2=O. The van der Waals surface area contributed by atoms with Crippen molar-refractivity contribution in [2.75, 3.05) is 52.0 Å². The van der Waals surface area contributed by atoms with Gasteiger partial charge in [-0.15, -0.1) is 0 Å². The molecule has 2 aliphatic rings. The van der Waals surface area contributed by atoms with Crippen LogP contribution in [-0.4, -0.2) is 80.5 Å². The first-order valence-electron chi connectivity index (χ1n) is 9.90. The molecule has 2 atom stereocenters. The van der Waals surface area contributed by atoms with E-state index in [1.54, 1.807) is 25.3 Å². The lowest BCUT2D eigenvalue weighted by atomic mass is 10.0. The van der Waals surface area contributed by atoms with E-state index in [4.69, 9.17) is 14.2 Å². The zero-order chi connectivity index (χ0) is 21.5. The maximum Gasteiger partial charge on any atom is 0.257 e. The number of amides is 3. The fourth-order valence-electron chi connectivity index (χ4n) is 3.55. The molecular weight excluding hydrogens is 394 g/mol. The summed E-state index contributed by atoms with van der Waals surface area (Å²) < 4.78 is 15.7. The molecule has 3 amide bonds. The van der Waals surface area contributed by atoms with Gasteiger partial charge in [-0.2, -0.15) is 0 Å². The van der Waals surface area contributed by atoms with Crippen LogP contribution in [0.5, 0.6) is 0 Å². The minimum atomic E-state index is -1.27. The molecule has 2 aliphatic heterocycles. The Kier molecular flexibility index (Phi) is 7.75. The first-order chi connectivity index (χ1) is 14.5. The highest BCUT2D eigenvalue weighted by molar-refractivity contribution is 6.06. The summed E-state index contributed by atoms with van der Waals surface area (Å²) in [7, 11) is 1.61. The first-order valence-corrected chi connectivity index (χ1v) is 9.90. The summed E-state index contributed by atoms with van der Waals surface area (Å²) in [6, 6.07) is 4.21. The molecule has 30 heavy (non-hydrogen) atoms. The largest absolute Gasteiger partial charge is 0.382 e. The number of nitrogens with one attached hydrogen (secondary N) is 2. The van der Waals surface area contributed by atoms with E-state index in [-0.39, 0.29) is 18.7 Å². The highest BCUT2D eigenvalue weighted by atomic mass is 16.5. The number of rotatable bonds is 11. The average molecular weight is 421 g/mol. The molecule has 1 aromatic carbocycles. The van der Waals surface area contributed by atoms with Gasteiger partial charge < -0.3 is 24.6 Å². The smallest absolute Gasteiger partial charge is 0.257 e. The molecule has 2 unspecified atom stereocenters. The Bertz CT molecular complexity index is 786. The summed E-state index contributed by atoms with van der Waals surface area (Å²) in [6.45, 7) is 2.86. The van der Waals surface area contributed by atoms with Gasteiger partial charge in [0.1, 0.15) is 6.04 Å². The number of methoxy groups -OCH3 is 1. The van der Waals surface area contributed by atoms with Crippen LogP contribution in [-0.2, 0) is 23.8 Å². The number of carbonyl (C=O) groups excluding carboxylic acids is 3. The van der Waals surface area contributed by atoms with Crippen LogP contribution in [0.2, 0.25) is 0 Å². The molecule has 0 aromatic heterocycles. The summed E-state index contributed by atoms with van der Waals surface area (Å²) in [4.78, 5) is 37.6. The van der Waals surface area contributed by atoms with Crippen molar-refractivity contribution in [3.8, 4) is 0 Å². The second-order valence-corrected chi connectivity index (χ2v) is 6.96. The van der Waals surface area contributed by atoms with Gasteiger partial charge in [0.15, 0.2) is 6.23 Å². The van der Waals surface area contributed by atoms with Crippen molar-refractivity contribution in [2.24, 2.45) is 0 Å². The van der Waals surface area contributed by atoms with Crippen molar-refractivity contribution in [2.45, 2.75) is 25.1 Å². The summed E-state index contributed by atoms with van der Waals surface area (Å²) in [5.41, 5.74) is 1.36. The average Bonchev–Trinajstić information content (AvgIpc) is 2.98. The van der Waals surface area contributed by atoms with Crippen molar-refractivity contribution in [1.82, 2.24) is 10.2 Å². The predicted molar refractivity (Wildman–Crippen MR) is 106 cm³/mol. The number of anilines is 1. The third-order valence-electron chi connectivity index (χ3n) is 5.00. The molecule has 0 spiro atoms. The first kappa shape index (κ1) is 22.2. The van der Waals surface area contributed by atoms with Crippen LogP contribution >= 0.6 is 0 Å². The number of hydrogen-bond donors (Lipinski definition) is 3. The molecule has 0 radical (unpaired) electrons. The van der Waals surface area contributed by atoms with E-state index in [9.17, 15) is 19.5 Å².